The predicted molar refractivity (Wildman–Crippen MR) is 76.3 cm³/mol. The molecule has 0 saturated carbocycles. The first-order valence-electron chi connectivity index (χ1n) is 6.16. The van der Waals surface area contributed by atoms with E-state index in [9.17, 15) is 13.5 Å². The minimum atomic E-state index is -3.62. The molecule has 0 bridgehead atoms. The van der Waals surface area contributed by atoms with Crippen molar-refractivity contribution in [3.8, 4) is 11.8 Å². The Bertz CT molecular complexity index is 603. The van der Waals surface area contributed by atoms with Gasteiger partial charge >= 0.3 is 0 Å². The number of hydrogen-bond donors (Lipinski definition) is 2. The van der Waals surface area contributed by atoms with Gasteiger partial charge in [0, 0.05) is 31.5 Å². The normalized spacial score (nSPS) is 12.8. The highest BCUT2D eigenvalue weighted by atomic mass is 32.2. The summed E-state index contributed by atoms with van der Waals surface area (Å²) in [6, 6.07) is 1.46. The first-order valence-corrected chi connectivity index (χ1v) is 7.60. The summed E-state index contributed by atoms with van der Waals surface area (Å²) in [5.41, 5.74) is 5.77. The maximum atomic E-state index is 12.3. The summed E-state index contributed by atoms with van der Waals surface area (Å²) in [7, 11) is -2.15. The summed E-state index contributed by atoms with van der Waals surface area (Å²) < 4.78 is 25.8. The van der Waals surface area contributed by atoms with E-state index in [1.54, 1.807) is 6.92 Å². The van der Waals surface area contributed by atoms with Crippen LogP contribution in [0.5, 0.6) is 0 Å². The van der Waals surface area contributed by atoms with Crippen molar-refractivity contribution in [2.45, 2.75) is 24.3 Å². The second-order valence-corrected chi connectivity index (χ2v) is 6.42. The lowest BCUT2D eigenvalue weighted by molar-refractivity contribution is 0.177. The predicted octanol–water partition coefficient (Wildman–Crippen LogP) is -0.217. The Hall–Kier alpha value is -1.46. The average molecular weight is 297 g/mol. The smallest absolute Gasteiger partial charge is 0.244 e. The molecule has 1 aromatic heterocycles. The SMILES string of the molecule is CC(O)CCN(C)S(=O)(=O)c1cncc(C#CCN)c1. The molecule has 3 N–H and O–H groups in total. The fraction of sp³-hybridized carbons (Fsp3) is 0.462. The van der Waals surface area contributed by atoms with Crippen LogP contribution in [-0.4, -0.2) is 49.1 Å². The van der Waals surface area contributed by atoms with Crippen LogP contribution >= 0.6 is 0 Å². The van der Waals surface area contributed by atoms with Gasteiger partial charge in [-0.05, 0) is 19.4 Å². The molecule has 0 aromatic carbocycles. The van der Waals surface area contributed by atoms with Gasteiger partial charge in [-0.2, -0.15) is 0 Å². The molecular formula is C13H19N3O3S. The Kier molecular flexibility index (Phi) is 6.10. The van der Waals surface area contributed by atoms with Crippen LogP contribution in [0.1, 0.15) is 18.9 Å². The molecule has 110 valence electrons. The van der Waals surface area contributed by atoms with E-state index in [0.717, 1.165) is 0 Å². The Morgan fingerprint density at radius 1 is 1.50 bits per heavy atom. The summed E-state index contributed by atoms with van der Waals surface area (Å²) in [6.07, 6.45) is 2.59. The largest absolute Gasteiger partial charge is 0.393 e. The monoisotopic (exact) mass is 297 g/mol. The number of pyridine rings is 1. The number of nitrogens with zero attached hydrogens (tertiary/aromatic N) is 2. The molecule has 1 aromatic rings. The van der Waals surface area contributed by atoms with Gasteiger partial charge < -0.3 is 10.8 Å². The van der Waals surface area contributed by atoms with E-state index in [1.807, 2.05) is 0 Å². The van der Waals surface area contributed by atoms with Gasteiger partial charge in [-0.25, -0.2) is 12.7 Å². The van der Waals surface area contributed by atoms with Gasteiger partial charge in [-0.3, -0.25) is 4.98 Å². The number of aromatic nitrogens is 1. The fourth-order valence-corrected chi connectivity index (χ4v) is 2.63. The van der Waals surface area contributed by atoms with E-state index < -0.39 is 16.1 Å². The van der Waals surface area contributed by atoms with Gasteiger partial charge in [0.1, 0.15) is 4.90 Å². The lowest BCUT2D eigenvalue weighted by Crippen LogP contribution is -2.29. The van der Waals surface area contributed by atoms with Gasteiger partial charge in [0.15, 0.2) is 0 Å². The molecule has 0 amide bonds. The molecule has 0 saturated heterocycles. The maximum Gasteiger partial charge on any atom is 0.244 e. The Balaban J connectivity index is 2.97. The standard InChI is InChI=1S/C13H19N3O3S/c1-11(17)5-7-16(2)20(18,19)13-8-12(4-3-6-14)9-15-10-13/h8-11,17H,5-7,14H2,1-2H3. The van der Waals surface area contributed by atoms with Crippen molar-refractivity contribution in [3.05, 3.63) is 24.0 Å². The first-order chi connectivity index (χ1) is 9.37. The lowest BCUT2D eigenvalue weighted by atomic mass is 10.3. The molecule has 1 heterocycles. The average Bonchev–Trinajstić information content (AvgIpc) is 2.42. The molecule has 1 atom stereocenters. The highest BCUT2D eigenvalue weighted by molar-refractivity contribution is 7.89. The Morgan fingerprint density at radius 3 is 2.80 bits per heavy atom. The number of aliphatic hydroxyl groups is 1. The van der Waals surface area contributed by atoms with Crippen LogP contribution in [0, 0.1) is 11.8 Å². The minimum absolute atomic E-state index is 0.0782. The topological polar surface area (TPSA) is 96.5 Å². The third kappa shape index (κ3) is 4.58. The number of aliphatic hydroxyl groups excluding tert-OH is 1. The van der Waals surface area contributed by atoms with Gasteiger partial charge in [0.05, 0.1) is 12.6 Å². The van der Waals surface area contributed by atoms with Crippen molar-refractivity contribution in [2.24, 2.45) is 5.73 Å². The quantitative estimate of drug-likeness (QED) is 0.733. The van der Waals surface area contributed by atoms with Crippen LogP contribution in [0.2, 0.25) is 0 Å². The molecule has 0 aliphatic heterocycles. The van der Waals surface area contributed by atoms with Crippen LogP contribution < -0.4 is 5.73 Å². The molecule has 20 heavy (non-hydrogen) atoms. The first kappa shape index (κ1) is 16.6. The van der Waals surface area contributed by atoms with E-state index in [-0.39, 0.29) is 18.0 Å². The highest BCUT2D eigenvalue weighted by Gasteiger charge is 2.21. The second kappa shape index (κ2) is 7.36. The third-order valence-electron chi connectivity index (χ3n) is 2.62. The van der Waals surface area contributed by atoms with Crippen LogP contribution in [0.3, 0.4) is 0 Å². The third-order valence-corrected chi connectivity index (χ3v) is 4.44. The molecular weight excluding hydrogens is 278 g/mol. The van der Waals surface area contributed by atoms with E-state index in [0.29, 0.717) is 12.0 Å². The van der Waals surface area contributed by atoms with Crippen molar-refractivity contribution in [1.82, 2.24) is 9.29 Å². The van der Waals surface area contributed by atoms with Gasteiger partial charge in [-0.15, -0.1) is 0 Å². The van der Waals surface area contributed by atoms with Crippen molar-refractivity contribution in [1.29, 1.82) is 0 Å². The van der Waals surface area contributed by atoms with E-state index in [1.165, 1.54) is 29.8 Å². The minimum Gasteiger partial charge on any atom is -0.393 e. The molecule has 0 aliphatic carbocycles. The molecule has 1 unspecified atom stereocenters. The number of rotatable bonds is 5. The van der Waals surface area contributed by atoms with Gasteiger partial charge in [0.2, 0.25) is 10.0 Å². The Morgan fingerprint density at radius 2 is 2.20 bits per heavy atom. The van der Waals surface area contributed by atoms with Gasteiger partial charge in [-0.1, -0.05) is 11.8 Å². The molecule has 0 fully saturated rings. The molecule has 7 heteroatoms. The van der Waals surface area contributed by atoms with Crippen molar-refractivity contribution in [3.63, 3.8) is 0 Å². The zero-order chi connectivity index (χ0) is 15.2. The summed E-state index contributed by atoms with van der Waals surface area (Å²) in [6.45, 7) is 2.05. The summed E-state index contributed by atoms with van der Waals surface area (Å²) in [5.74, 6) is 5.39. The molecule has 1 rings (SSSR count). The van der Waals surface area contributed by atoms with Crippen LogP contribution in [0.15, 0.2) is 23.4 Å². The molecule has 6 nitrogen and oxygen atoms in total. The Labute approximate surface area is 119 Å². The van der Waals surface area contributed by atoms with E-state index in [4.69, 9.17) is 5.73 Å². The van der Waals surface area contributed by atoms with Crippen molar-refractivity contribution in [2.75, 3.05) is 20.1 Å². The molecule has 0 spiro atoms. The van der Waals surface area contributed by atoms with Crippen LogP contribution in [-0.2, 0) is 10.0 Å². The number of hydrogen-bond acceptors (Lipinski definition) is 5. The van der Waals surface area contributed by atoms with Crippen molar-refractivity contribution >= 4 is 10.0 Å². The summed E-state index contributed by atoms with van der Waals surface area (Å²) >= 11 is 0. The zero-order valence-corrected chi connectivity index (χ0v) is 12.4. The zero-order valence-electron chi connectivity index (χ0n) is 11.6. The highest BCUT2D eigenvalue weighted by Crippen LogP contribution is 2.14. The summed E-state index contributed by atoms with van der Waals surface area (Å²) in [5, 5.41) is 9.21. The maximum absolute atomic E-state index is 12.3. The number of nitrogens with two attached hydrogens (primary N) is 1. The summed E-state index contributed by atoms with van der Waals surface area (Å²) in [4.78, 5) is 3.96. The van der Waals surface area contributed by atoms with Gasteiger partial charge in [0.25, 0.3) is 0 Å². The second-order valence-electron chi connectivity index (χ2n) is 4.38. The van der Waals surface area contributed by atoms with Crippen LogP contribution in [0.4, 0.5) is 0 Å². The molecule has 0 aliphatic rings. The fourth-order valence-electron chi connectivity index (χ4n) is 1.45. The van der Waals surface area contributed by atoms with E-state index >= 15 is 0 Å². The molecule has 0 radical (unpaired) electrons. The van der Waals surface area contributed by atoms with Crippen molar-refractivity contribution < 1.29 is 13.5 Å². The van der Waals surface area contributed by atoms with E-state index in [2.05, 4.69) is 16.8 Å². The number of sulfonamides is 1. The lowest BCUT2D eigenvalue weighted by Gasteiger charge is -2.17. The van der Waals surface area contributed by atoms with Crippen LogP contribution in [0.25, 0.3) is 0 Å².